The molecule has 2 amide bonds. The third-order valence-electron chi connectivity index (χ3n) is 4.17. The Kier molecular flexibility index (Phi) is 5.65. The van der Waals surface area contributed by atoms with Crippen molar-refractivity contribution in [3.8, 4) is 0 Å². The molecular weight excluding hydrogens is 395 g/mol. The van der Waals surface area contributed by atoms with Gasteiger partial charge in [-0.25, -0.2) is 0 Å². The molecule has 0 spiro atoms. The van der Waals surface area contributed by atoms with E-state index in [-0.39, 0.29) is 11.8 Å². The summed E-state index contributed by atoms with van der Waals surface area (Å²) < 4.78 is 11.6. The maximum absolute atomic E-state index is 12.6. The topological polar surface area (TPSA) is 66.5 Å². The van der Waals surface area contributed by atoms with Gasteiger partial charge in [-0.1, -0.05) is 29.3 Å². The monoisotopic (exact) mass is 410 g/mol. The molecule has 1 aliphatic rings. The van der Waals surface area contributed by atoms with Gasteiger partial charge in [-0.3, -0.25) is 13.8 Å². The average Bonchev–Trinajstić information content (AvgIpc) is 2.99. The molecule has 2 aromatic carbocycles. The molecule has 1 aliphatic heterocycles. The number of amides is 2. The van der Waals surface area contributed by atoms with Crippen LogP contribution in [0.2, 0.25) is 10.0 Å². The number of nitrogens with zero attached hydrogens (tertiary/aromatic N) is 1. The second-order valence-electron chi connectivity index (χ2n) is 5.90. The van der Waals surface area contributed by atoms with Crippen LogP contribution in [-0.4, -0.2) is 28.8 Å². The number of benzene rings is 2. The highest BCUT2D eigenvalue weighted by Gasteiger charge is 2.37. The summed E-state index contributed by atoms with van der Waals surface area (Å²) in [7, 11) is -1.15. The van der Waals surface area contributed by atoms with Gasteiger partial charge >= 0.3 is 0 Å². The lowest BCUT2D eigenvalue weighted by Crippen LogP contribution is -2.33. The molecule has 0 radical (unpaired) electrons. The first-order valence-electron chi connectivity index (χ1n) is 7.87. The number of halogens is 2. The van der Waals surface area contributed by atoms with Gasteiger partial charge in [0.2, 0.25) is 11.8 Å². The lowest BCUT2D eigenvalue weighted by molar-refractivity contribution is -0.129. The summed E-state index contributed by atoms with van der Waals surface area (Å²) in [4.78, 5) is 27.3. The summed E-state index contributed by atoms with van der Waals surface area (Å²) in [5.41, 5.74) is 1.13. The minimum Gasteiger partial charge on any atom is -0.325 e. The van der Waals surface area contributed by atoms with Crippen LogP contribution in [0.15, 0.2) is 47.4 Å². The molecule has 2 unspecified atom stereocenters. The predicted molar refractivity (Wildman–Crippen MR) is 104 cm³/mol. The van der Waals surface area contributed by atoms with Crippen LogP contribution in [0.4, 0.5) is 11.4 Å². The fourth-order valence-electron chi connectivity index (χ4n) is 2.81. The molecule has 26 heavy (non-hydrogen) atoms. The van der Waals surface area contributed by atoms with Crippen molar-refractivity contribution < 1.29 is 13.8 Å². The Labute approximate surface area is 163 Å². The SMILES string of the molecule is CS(=O)c1cccc(NC(=O)C2CCN(c3ccc(Cl)c(Cl)c3)C2=O)c1. The summed E-state index contributed by atoms with van der Waals surface area (Å²) in [6, 6.07) is 11.7. The van der Waals surface area contributed by atoms with Crippen LogP contribution >= 0.6 is 23.2 Å². The molecule has 0 bridgehead atoms. The fourth-order valence-corrected chi connectivity index (χ4v) is 3.67. The molecule has 2 atom stereocenters. The number of rotatable bonds is 4. The second-order valence-corrected chi connectivity index (χ2v) is 8.09. The average molecular weight is 411 g/mol. The molecule has 5 nitrogen and oxygen atoms in total. The Balaban J connectivity index is 1.73. The van der Waals surface area contributed by atoms with Crippen LogP contribution in [0, 0.1) is 5.92 Å². The van der Waals surface area contributed by atoms with Crippen molar-refractivity contribution in [3.05, 3.63) is 52.5 Å². The first-order chi connectivity index (χ1) is 12.4. The highest BCUT2D eigenvalue weighted by atomic mass is 35.5. The van der Waals surface area contributed by atoms with Crippen molar-refractivity contribution in [3.63, 3.8) is 0 Å². The predicted octanol–water partition coefficient (Wildman–Crippen LogP) is 3.72. The Morgan fingerprint density at radius 2 is 1.96 bits per heavy atom. The van der Waals surface area contributed by atoms with Crippen molar-refractivity contribution in [1.29, 1.82) is 0 Å². The normalized spacial score (nSPS) is 18.0. The minimum absolute atomic E-state index is 0.281. The van der Waals surface area contributed by atoms with Crippen molar-refractivity contribution in [2.75, 3.05) is 23.0 Å². The molecule has 1 heterocycles. The smallest absolute Gasteiger partial charge is 0.239 e. The van der Waals surface area contributed by atoms with Gasteiger partial charge < -0.3 is 10.2 Å². The quantitative estimate of drug-likeness (QED) is 0.780. The van der Waals surface area contributed by atoms with Crippen LogP contribution in [0.3, 0.4) is 0 Å². The van der Waals surface area contributed by atoms with Gasteiger partial charge in [0, 0.05) is 39.9 Å². The van der Waals surface area contributed by atoms with Crippen LogP contribution in [-0.2, 0) is 20.4 Å². The van der Waals surface area contributed by atoms with E-state index in [2.05, 4.69) is 5.32 Å². The Bertz CT molecular complexity index is 904. The Morgan fingerprint density at radius 3 is 2.65 bits per heavy atom. The zero-order valence-electron chi connectivity index (χ0n) is 13.9. The number of hydrogen-bond acceptors (Lipinski definition) is 3. The van der Waals surface area contributed by atoms with Crippen LogP contribution in [0.5, 0.6) is 0 Å². The van der Waals surface area contributed by atoms with Crippen molar-refractivity contribution in [2.24, 2.45) is 5.92 Å². The standard InChI is InChI=1S/C18H16Cl2N2O3S/c1-26(25)13-4-2-3-11(9-13)21-17(23)14-7-8-22(18(14)24)12-5-6-15(19)16(20)10-12/h2-6,9-10,14H,7-8H2,1H3,(H,21,23). The highest BCUT2D eigenvalue weighted by molar-refractivity contribution is 7.84. The summed E-state index contributed by atoms with van der Waals surface area (Å²) in [6.45, 7) is 0.425. The third-order valence-corrected chi connectivity index (χ3v) is 5.83. The van der Waals surface area contributed by atoms with E-state index in [9.17, 15) is 13.8 Å². The van der Waals surface area contributed by atoms with E-state index in [1.807, 2.05) is 0 Å². The summed E-state index contributed by atoms with van der Waals surface area (Å²) in [6.07, 6.45) is 1.97. The molecule has 1 N–H and O–H groups in total. The Morgan fingerprint density at radius 1 is 1.19 bits per heavy atom. The van der Waals surface area contributed by atoms with E-state index in [1.165, 1.54) is 4.90 Å². The van der Waals surface area contributed by atoms with Gasteiger partial charge in [-0.15, -0.1) is 0 Å². The third kappa shape index (κ3) is 3.92. The van der Waals surface area contributed by atoms with Gasteiger partial charge in [0.1, 0.15) is 5.92 Å². The van der Waals surface area contributed by atoms with Gasteiger partial charge in [-0.2, -0.15) is 0 Å². The number of carbonyl (C=O) groups excluding carboxylic acids is 2. The molecule has 0 aliphatic carbocycles. The second kappa shape index (κ2) is 7.78. The van der Waals surface area contributed by atoms with Crippen molar-refractivity contribution in [2.45, 2.75) is 11.3 Å². The van der Waals surface area contributed by atoms with Crippen molar-refractivity contribution >= 4 is 57.2 Å². The molecular formula is C18H16Cl2N2O3S. The zero-order valence-corrected chi connectivity index (χ0v) is 16.2. The first-order valence-corrected chi connectivity index (χ1v) is 10.2. The molecule has 136 valence electrons. The molecule has 3 rings (SSSR count). The number of anilines is 2. The van der Waals surface area contributed by atoms with E-state index in [0.29, 0.717) is 39.3 Å². The molecule has 8 heteroatoms. The van der Waals surface area contributed by atoms with Gasteiger partial charge in [-0.05, 0) is 42.8 Å². The molecule has 0 aromatic heterocycles. The van der Waals surface area contributed by atoms with E-state index in [0.717, 1.165) is 0 Å². The van der Waals surface area contributed by atoms with Crippen LogP contribution in [0.25, 0.3) is 0 Å². The molecule has 0 saturated carbocycles. The summed E-state index contributed by atoms with van der Waals surface area (Å²) in [5.74, 6) is -1.44. The van der Waals surface area contributed by atoms with Crippen LogP contribution < -0.4 is 10.2 Å². The van der Waals surface area contributed by atoms with E-state index in [1.54, 1.807) is 48.7 Å². The first kappa shape index (κ1) is 18.9. The highest BCUT2D eigenvalue weighted by Crippen LogP contribution is 2.31. The van der Waals surface area contributed by atoms with Gasteiger partial charge in [0.25, 0.3) is 0 Å². The van der Waals surface area contributed by atoms with Crippen molar-refractivity contribution in [1.82, 2.24) is 0 Å². The lowest BCUT2D eigenvalue weighted by atomic mass is 10.1. The van der Waals surface area contributed by atoms with Gasteiger partial charge in [0.05, 0.1) is 10.0 Å². The van der Waals surface area contributed by atoms with E-state index < -0.39 is 16.7 Å². The fraction of sp³-hybridized carbons (Fsp3) is 0.222. The maximum Gasteiger partial charge on any atom is 0.239 e. The van der Waals surface area contributed by atoms with Gasteiger partial charge in [0.15, 0.2) is 0 Å². The van der Waals surface area contributed by atoms with E-state index >= 15 is 0 Å². The molecule has 1 saturated heterocycles. The maximum atomic E-state index is 12.6. The minimum atomic E-state index is -1.15. The van der Waals surface area contributed by atoms with Crippen LogP contribution in [0.1, 0.15) is 6.42 Å². The molecule has 2 aromatic rings. The molecule has 1 fully saturated rings. The zero-order chi connectivity index (χ0) is 18.8. The largest absolute Gasteiger partial charge is 0.325 e. The number of carbonyl (C=O) groups is 2. The summed E-state index contributed by atoms with van der Waals surface area (Å²) in [5, 5.41) is 3.50. The number of hydrogen-bond donors (Lipinski definition) is 1. The van der Waals surface area contributed by atoms with E-state index in [4.69, 9.17) is 23.2 Å². The lowest BCUT2D eigenvalue weighted by Gasteiger charge is -2.17. The Hall–Kier alpha value is -1.89. The number of nitrogens with one attached hydrogen (secondary N) is 1. The summed E-state index contributed by atoms with van der Waals surface area (Å²) >= 11 is 11.9.